The molecule has 0 atom stereocenters. The van der Waals surface area contributed by atoms with Gasteiger partial charge in [0.2, 0.25) is 0 Å². The van der Waals surface area contributed by atoms with Gasteiger partial charge in [-0.15, -0.1) is 0 Å². The molecular weight excluding hydrogens is 224 g/mol. The molecule has 0 unspecified atom stereocenters. The van der Waals surface area contributed by atoms with Crippen LogP contribution in [0.1, 0.15) is 25.0 Å². The SMILES string of the molecule is CC(C)NCc1ccc(COCC(F)F)cc1. The van der Waals surface area contributed by atoms with E-state index in [-0.39, 0.29) is 6.61 Å². The van der Waals surface area contributed by atoms with Crippen LogP contribution in [0.25, 0.3) is 0 Å². The first-order chi connectivity index (χ1) is 8.08. The molecule has 1 rings (SSSR count). The van der Waals surface area contributed by atoms with Crippen molar-refractivity contribution in [3.05, 3.63) is 35.4 Å². The molecule has 1 N–H and O–H groups in total. The molecular formula is C13H19F2NO. The van der Waals surface area contributed by atoms with Gasteiger partial charge in [-0.05, 0) is 11.1 Å². The lowest BCUT2D eigenvalue weighted by molar-refractivity contribution is 0.00987. The standard InChI is InChI=1S/C13H19F2NO/c1-10(2)16-7-11-3-5-12(6-4-11)8-17-9-13(14)15/h3-6,10,13,16H,7-9H2,1-2H3. The van der Waals surface area contributed by atoms with Crippen LogP contribution in [-0.4, -0.2) is 19.1 Å². The molecule has 0 aromatic heterocycles. The summed E-state index contributed by atoms with van der Waals surface area (Å²) in [6, 6.07) is 8.22. The van der Waals surface area contributed by atoms with Gasteiger partial charge in [0.1, 0.15) is 6.61 Å². The minimum absolute atomic E-state index is 0.238. The summed E-state index contributed by atoms with van der Waals surface area (Å²) in [7, 11) is 0. The van der Waals surface area contributed by atoms with Gasteiger partial charge in [0.05, 0.1) is 6.61 Å². The summed E-state index contributed by atoms with van der Waals surface area (Å²) in [5.74, 6) is 0. The van der Waals surface area contributed by atoms with Gasteiger partial charge >= 0.3 is 0 Å². The zero-order chi connectivity index (χ0) is 12.7. The number of nitrogens with one attached hydrogen (secondary N) is 1. The van der Waals surface area contributed by atoms with Gasteiger partial charge in [-0.2, -0.15) is 0 Å². The van der Waals surface area contributed by atoms with Crippen molar-refractivity contribution < 1.29 is 13.5 Å². The first-order valence-electron chi connectivity index (χ1n) is 5.75. The van der Waals surface area contributed by atoms with E-state index in [1.807, 2.05) is 24.3 Å². The Morgan fingerprint density at radius 2 is 1.71 bits per heavy atom. The Morgan fingerprint density at radius 3 is 2.24 bits per heavy atom. The molecule has 0 saturated carbocycles. The van der Waals surface area contributed by atoms with Crippen molar-refractivity contribution in [2.24, 2.45) is 0 Å². The number of ether oxygens (including phenoxy) is 1. The topological polar surface area (TPSA) is 21.3 Å². The van der Waals surface area contributed by atoms with Crippen LogP contribution in [0.2, 0.25) is 0 Å². The lowest BCUT2D eigenvalue weighted by Gasteiger charge is -2.09. The van der Waals surface area contributed by atoms with Crippen molar-refractivity contribution in [2.45, 2.75) is 39.5 Å². The Balaban J connectivity index is 2.34. The lowest BCUT2D eigenvalue weighted by atomic mass is 10.1. The molecule has 1 aromatic rings. The normalized spacial score (nSPS) is 11.4. The fourth-order valence-corrected chi connectivity index (χ4v) is 1.34. The second kappa shape index (κ2) is 7.35. The average Bonchev–Trinajstić information content (AvgIpc) is 2.27. The van der Waals surface area contributed by atoms with Crippen LogP contribution in [-0.2, 0) is 17.9 Å². The maximum Gasteiger partial charge on any atom is 0.261 e. The third kappa shape index (κ3) is 6.34. The molecule has 96 valence electrons. The molecule has 0 amide bonds. The third-order valence-corrected chi connectivity index (χ3v) is 2.25. The highest BCUT2D eigenvalue weighted by atomic mass is 19.3. The van der Waals surface area contributed by atoms with Crippen LogP contribution < -0.4 is 5.32 Å². The van der Waals surface area contributed by atoms with Crippen LogP contribution in [0, 0.1) is 0 Å². The summed E-state index contributed by atoms with van der Waals surface area (Å²) >= 11 is 0. The Hall–Kier alpha value is -1.00. The van der Waals surface area contributed by atoms with Crippen molar-refractivity contribution in [2.75, 3.05) is 6.61 Å². The molecule has 0 aliphatic heterocycles. The first-order valence-corrected chi connectivity index (χ1v) is 5.75. The van der Waals surface area contributed by atoms with Crippen LogP contribution in [0.15, 0.2) is 24.3 Å². The van der Waals surface area contributed by atoms with Gasteiger partial charge in [0.25, 0.3) is 6.43 Å². The van der Waals surface area contributed by atoms with E-state index in [1.165, 1.54) is 5.56 Å². The van der Waals surface area contributed by atoms with Crippen LogP contribution >= 0.6 is 0 Å². The van der Waals surface area contributed by atoms with Crippen molar-refractivity contribution in [1.29, 1.82) is 0 Å². The number of alkyl halides is 2. The maximum atomic E-state index is 11.8. The fraction of sp³-hybridized carbons (Fsp3) is 0.538. The van der Waals surface area contributed by atoms with Gasteiger partial charge in [-0.1, -0.05) is 38.1 Å². The highest BCUT2D eigenvalue weighted by Crippen LogP contribution is 2.06. The molecule has 0 fully saturated rings. The van der Waals surface area contributed by atoms with Crippen LogP contribution in [0.4, 0.5) is 8.78 Å². The predicted octanol–water partition coefficient (Wildman–Crippen LogP) is 2.97. The Labute approximate surface area is 101 Å². The molecule has 0 saturated heterocycles. The van der Waals surface area contributed by atoms with Crippen molar-refractivity contribution in [3.8, 4) is 0 Å². The van der Waals surface area contributed by atoms with Gasteiger partial charge in [0, 0.05) is 12.6 Å². The fourth-order valence-electron chi connectivity index (χ4n) is 1.34. The second-order valence-corrected chi connectivity index (χ2v) is 4.26. The van der Waals surface area contributed by atoms with Crippen molar-refractivity contribution in [3.63, 3.8) is 0 Å². The molecule has 0 bridgehead atoms. The number of benzene rings is 1. The molecule has 17 heavy (non-hydrogen) atoms. The molecule has 0 aliphatic rings. The van der Waals surface area contributed by atoms with E-state index in [2.05, 4.69) is 19.2 Å². The summed E-state index contributed by atoms with van der Waals surface area (Å²) in [6.07, 6.45) is -2.40. The molecule has 0 radical (unpaired) electrons. The van der Waals surface area contributed by atoms with E-state index in [9.17, 15) is 8.78 Å². The molecule has 0 spiro atoms. The maximum absolute atomic E-state index is 11.8. The Morgan fingerprint density at radius 1 is 1.12 bits per heavy atom. The quantitative estimate of drug-likeness (QED) is 0.795. The van der Waals surface area contributed by atoms with Crippen molar-refractivity contribution >= 4 is 0 Å². The van der Waals surface area contributed by atoms with Gasteiger partial charge in [0.15, 0.2) is 0 Å². The Kier molecular flexibility index (Phi) is 6.08. The average molecular weight is 243 g/mol. The van der Waals surface area contributed by atoms with Gasteiger partial charge in [-0.3, -0.25) is 0 Å². The molecule has 1 aromatic carbocycles. The number of halogens is 2. The van der Waals surface area contributed by atoms with Crippen LogP contribution in [0.3, 0.4) is 0 Å². The second-order valence-electron chi connectivity index (χ2n) is 4.26. The Bertz CT molecular complexity index is 312. The first kappa shape index (κ1) is 14.1. The largest absolute Gasteiger partial charge is 0.371 e. The summed E-state index contributed by atoms with van der Waals surface area (Å²) in [5, 5.41) is 3.31. The number of rotatable bonds is 7. The zero-order valence-corrected chi connectivity index (χ0v) is 10.2. The van der Waals surface area contributed by atoms with E-state index in [0.29, 0.717) is 6.04 Å². The molecule has 4 heteroatoms. The highest BCUT2D eigenvalue weighted by molar-refractivity contribution is 5.21. The smallest absolute Gasteiger partial charge is 0.261 e. The minimum atomic E-state index is -2.40. The monoisotopic (exact) mass is 243 g/mol. The van der Waals surface area contributed by atoms with Crippen LogP contribution in [0.5, 0.6) is 0 Å². The summed E-state index contributed by atoms with van der Waals surface area (Å²) in [5.41, 5.74) is 2.09. The predicted molar refractivity (Wildman–Crippen MR) is 64.1 cm³/mol. The number of hydrogen-bond donors (Lipinski definition) is 1. The third-order valence-electron chi connectivity index (χ3n) is 2.25. The van der Waals surface area contributed by atoms with E-state index in [0.717, 1.165) is 12.1 Å². The molecule has 2 nitrogen and oxygen atoms in total. The van der Waals surface area contributed by atoms with E-state index >= 15 is 0 Å². The minimum Gasteiger partial charge on any atom is -0.371 e. The van der Waals surface area contributed by atoms with E-state index < -0.39 is 13.0 Å². The summed E-state index contributed by atoms with van der Waals surface area (Å²) in [6.45, 7) is 4.73. The number of hydrogen-bond acceptors (Lipinski definition) is 2. The van der Waals surface area contributed by atoms with Gasteiger partial charge in [-0.25, -0.2) is 8.78 Å². The molecule has 0 heterocycles. The summed E-state index contributed by atoms with van der Waals surface area (Å²) < 4.78 is 28.5. The van der Waals surface area contributed by atoms with Gasteiger partial charge < -0.3 is 10.1 Å². The zero-order valence-electron chi connectivity index (χ0n) is 10.2. The summed E-state index contributed by atoms with van der Waals surface area (Å²) in [4.78, 5) is 0. The van der Waals surface area contributed by atoms with Crippen molar-refractivity contribution in [1.82, 2.24) is 5.32 Å². The highest BCUT2D eigenvalue weighted by Gasteiger charge is 2.02. The van der Waals surface area contributed by atoms with E-state index in [1.54, 1.807) is 0 Å². The molecule has 0 aliphatic carbocycles. The lowest BCUT2D eigenvalue weighted by Crippen LogP contribution is -2.21. The van der Waals surface area contributed by atoms with E-state index in [4.69, 9.17) is 4.74 Å².